The number of ketones is 1. The smallest absolute Gasteiger partial charge is 0.193 e. The summed E-state index contributed by atoms with van der Waals surface area (Å²) in [5.41, 5.74) is 2.11. The standard InChI is InChI=1S/C16H12BrFO2/c1-9-6-12-7-10(3-5-15(12)20-9)16(19)11-2-4-14(18)13(17)8-11/h2-5,7-9H,6H2,1H3. The molecule has 102 valence electrons. The second-order valence-corrected chi connectivity index (χ2v) is 5.77. The maximum absolute atomic E-state index is 13.2. The van der Waals surface area contributed by atoms with E-state index in [4.69, 9.17) is 4.74 Å². The Bertz CT molecular complexity index is 697. The summed E-state index contributed by atoms with van der Waals surface area (Å²) in [5, 5.41) is 0. The normalized spacial score (nSPS) is 16.6. The molecule has 1 unspecified atom stereocenters. The molecular formula is C16H12BrFO2. The van der Waals surface area contributed by atoms with Crippen molar-refractivity contribution in [2.75, 3.05) is 0 Å². The second kappa shape index (κ2) is 5.02. The Morgan fingerprint density at radius 3 is 2.70 bits per heavy atom. The monoisotopic (exact) mass is 334 g/mol. The predicted octanol–water partition coefficient (Wildman–Crippen LogP) is 4.14. The average Bonchev–Trinajstić information content (AvgIpc) is 2.80. The van der Waals surface area contributed by atoms with Gasteiger partial charge in [0.25, 0.3) is 0 Å². The Morgan fingerprint density at radius 1 is 1.25 bits per heavy atom. The zero-order valence-corrected chi connectivity index (χ0v) is 12.4. The zero-order valence-electron chi connectivity index (χ0n) is 10.8. The van der Waals surface area contributed by atoms with Gasteiger partial charge in [0.15, 0.2) is 5.78 Å². The van der Waals surface area contributed by atoms with Crippen LogP contribution < -0.4 is 4.74 Å². The number of carbonyl (C=O) groups excluding carboxylic acids is 1. The molecule has 0 saturated carbocycles. The van der Waals surface area contributed by atoms with E-state index < -0.39 is 0 Å². The Balaban J connectivity index is 1.95. The Labute approximate surface area is 124 Å². The van der Waals surface area contributed by atoms with Crippen LogP contribution in [0.25, 0.3) is 0 Å². The molecule has 2 aromatic rings. The molecule has 4 heteroatoms. The van der Waals surface area contributed by atoms with Gasteiger partial charge in [0.1, 0.15) is 17.7 Å². The van der Waals surface area contributed by atoms with Crippen LogP contribution in [-0.2, 0) is 6.42 Å². The molecule has 0 saturated heterocycles. The molecule has 2 nitrogen and oxygen atoms in total. The molecule has 2 aromatic carbocycles. The molecule has 0 aromatic heterocycles. The minimum atomic E-state index is -0.377. The molecule has 20 heavy (non-hydrogen) atoms. The van der Waals surface area contributed by atoms with E-state index in [-0.39, 0.29) is 17.7 Å². The summed E-state index contributed by atoms with van der Waals surface area (Å²) in [6, 6.07) is 9.72. The van der Waals surface area contributed by atoms with Crippen molar-refractivity contribution < 1.29 is 13.9 Å². The number of hydrogen-bond donors (Lipinski definition) is 0. The maximum atomic E-state index is 13.2. The summed E-state index contributed by atoms with van der Waals surface area (Å²) in [6.45, 7) is 2.00. The van der Waals surface area contributed by atoms with E-state index in [0.29, 0.717) is 15.6 Å². The molecule has 0 N–H and O–H groups in total. The van der Waals surface area contributed by atoms with Gasteiger partial charge >= 0.3 is 0 Å². The van der Waals surface area contributed by atoms with Crippen molar-refractivity contribution in [1.82, 2.24) is 0 Å². The van der Waals surface area contributed by atoms with E-state index >= 15 is 0 Å². The maximum Gasteiger partial charge on any atom is 0.193 e. The molecule has 1 atom stereocenters. The second-order valence-electron chi connectivity index (χ2n) is 4.91. The lowest BCUT2D eigenvalue weighted by Gasteiger charge is -2.05. The fourth-order valence-electron chi connectivity index (χ4n) is 2.37. The molecule has 1 aliphatic rings. The highest BCUT2D eigenvalue weighted by molar-refractivity contribution is 9.10. The molecule has 3 rings (SSSR count). The molecule has 1 aliphatic heterocycles. The molecular weight excluding hydrogens is 323 g/mol. The molecule has 0 bridgehead atoms. The van der Waals surface area contributed by atoms with E-state index in [2.05, 4.69) is 15.9 Å². The average molecular weight is 335 g/mol. The van der Waals surface area contributed by atoms with Crippen molar-refractivity contribution in [3.05, 3.63) is 63.4 Å². The number of halogens is 2. The highest BCUT2D eigenvalue weighted by Gasteiger charge is 2.21. The van der Waals surface area contributed by atoms with Crippen LogP contribution in [0.15, 0.2) is 40.9 Å². The summed E-state index contributed by atoms with van der Waals surface area (Å²) in [4.78, 5) is 12.4. The van der Waals surface area contributed by atoms with Gasteiger partial charge in [-0.1, -0.05) is 0 Å². The van der Waals surface area contributed by atoms with Crippen molar-refractivity contribution in [3.63, 3.8) is 0 Å². The highest BCUT2D eigenvalue weighted by Crippen LogP contribution is 2.30. The minimum Gasteiger partial charge on any atom is -0.490 e. The third-order valence-electron chi connectivity index (χ3n) is 3.34. The van der Waals surface area contributed by atoms with Crippen LogP contribution in [0.2, 0.25) is 0 Å². The van der Waals surface area contributed by atoms with Crippen LogP contribution >= 0.6 is 15.9 Å². The van der Waals surface area contributed by atoms with Crippen LogP contribution in [-0.4, -0.2) is 11.9 Å². The van der Waals surface area contributed by atoms with Gasteiger partial charge in [-0.15, -0.1) is 0 Å². The van der Waals surface area contributed by atoms with Crippen molar-refractivity contribution in [1.29, 1.82) is 0 Å². The fourth-order valence-corrected chi connectivity index (χ4v) is 2.75. The fraction of sp³-hybridized carbons (Fsp3) is 0.188. The first kappa shape index (κ1) is 13.3. The first-order valence-electron chi connectivity index (χ1n) is 6.34. The van der Waals surface area contributed by atoms with Crippen molar-refractivity contribution in [2.24, 2.45) is 0 Å². The summed E-state index contributed by atoms with van der Waals surface area (Å²) in [5.74, 6) is 0.347. The van der Waals surface area contributed by atoms with Crippen LogP contribution in [0, 0.1) is 5.82 Å². The summed E-state index contributed by atoms with van der Waals surface area (Å²) in [6.07, 6.45) is 0.958. The quantitative estimate of drug-likeness (QED) is 0.771. The molecule has 0 fully saturated rings. The van der Waals surface area contributed by atoms with Gasteiger partial charge < -0.3 is 4.74 Å². The molecule has 0 radical (unpaired) electrons. The Kier molecular flexibility index (Phi) is 3.34. The topological polar surface area (TPSA) is 26.3 Å². The van der Waals surface area contributed by atoms with Crippen LogP contribution in [0.3, 0.4) is 0 Å². The summed E-state index contributed by atoms with van der Waals surface area (Å²) >= 11 is 3.10. The van der Waals surface area contributed by atoms with Gasteiger partial charge in [0, 0.05) is 17.5 Å². The first-order chi connectivity index (χ1) is 9.54. The van der Waals surface area contributed by atoms with Gasteiger partial charge in [0.05, 0.1) is 4.47 Å². The lowest BCUT2D eigenvalue weighted by atomic mass is 10.00. The Hall–Kier alpha value is -1.68. The first-order valence-corrected chi connectivity index (χ1v) is 7.13. The van der Waals surface area contributed by atoms with Gasteiger partial charge in [-0.2, -0.15) is 0 Å². The lowest BCUT2D eigenvalue weighted by molar-refractivity contribution is 0.103. The van der Waals surface area contributed by atoms with E-state index in [1.54, 1.807) is 6.07 Å². The van der Waals surface area contributed by atoms with E-state index in [9.17, 15) is 9.18 Å². The lowest BCUT2D eigenvalue weighted by Crippen LogP contribution is -2.05. The number of rotatable bonds is 2. The van der Waals surface area contributed by atoms with Crippen LogP contribution in [0.4, 0.5) is 4.39 Å². The molecule has 1 heterocycles. The van der Waals surface area contributed by atoms with Gasteiger partial charge in [-0.3, -0.25) is 4.79 Å². The predicted molar refractivity (Wildman–Crippen MR) is 77.8 cm³/mol. The largest absolute Gasteiger partial charge is 0.490 e. The van der Waals surface area contributed by atoms with E-state index in [0.717, 1.165) is 17.7 Å². The third kappa shape index (κ3) is 2.36. The SMILES string of the molecule is CC1Cc2cc(C(=O)c3ccc(F)c(Br)c3)ccc2O1. The number of ether oxygens (including phenoxy) is 1. The van der Waals surface area contributed by atoms with Crippen molar-refractivity contribution >= 4 is 21.7 Å². The van der Waals surface area contributed by atoms with Gasteiger partial charge in [-0.25, -0.2) is 4.39 Å². The van der Waals surface area contributed by atoms with E-state index in [1.807, 2.05) is 19.1 Å². The van der Waals surface area contributed by atoms with Gasteiger partial charge in [0.2, 0.25) is 0 Å². The number of carbonyl (C=O) groups is 1. The molecule has 0 aliphatic carbocycles. The molecule has 0 spiro atoms. The Morgan fingerprint density at radius 2 is 1.95 bits per heavy atom. The van der Waals surface area contributed by atoms with Crippen LogP contribution in [0.1, 0.15) is 28.4 Å². The van der Waals surface area contributed by atoms with E-state index in [1.165, 1.54) is 18.2 Å². The third-order valence-corrected chi connectivity index (χ3v) is 3.95. The number of hydrogen-bond acceptors (Lipinski definition) is 2. The number of fused-ring (bicyclic) bond motifs is 1. The summed E-state index contributed by atoms with van der Waals surface area (Å²) in [7, 11) is 0. The van der Waals surface area contributed by atoms with Crippen molar-refractivity contribution in [3.8, 4) is 5.75 Å². The van der Waals surface area contributed by atoms with Crippen LogP contribution in [0.5, 0.6) is 5.75 Å². The van der Waals surface area contributed by atoms with Gasteiger partial charge in [-0.05, 0) is 64.8 Å². The number of benzene rings is 2. The highest BCUT2D eigenvalue weighted by atomic mass is 79.9. The van der Waals surface area contributed by atoms with Crippen molar-refractivity contribution in [2.45, 2.75) is 19.4 Å². The zero-order chi connectivity index (χ0) is 14.3. The minimum absolute atomic E-state index is 0.118. The molecule has 0 amide bonds. The summed E-state index contributed by atoms with van der Waals surface area (Å²) < 4.78 is 19.1.